The molecule has 286 valence electrons. The molecular weight excluding hydrogens is 793 g/mol. The first-order valence-electron chi connectivity index (χ1n) is 18.2. The summed E-state index contributed by atoms with van der Waals surface area (Å²) in [5.41, 5.74) is 7.87. The molecule has 12 heteroatoms. The van der Waals surface area contributed by atoms with E-state index in [-0.39, 0.29) is 22.9 Å². The van der Waals surface area contributed by atoms with E-state index in [1.165, 1.54) is 12.1 Å². The maximum absolute atomic E-state index is 12.5. The second-order valence-electron chi connectivity index (χ2n) is 13.5. The Kier molecular flexibility index (Phi) is 10.7. The predicted octanol–water partition coefficient (Wildman–Crippen LogP) is 10.5. The van der Waals surface area contributed by atoms with Gasteiger partial charge in [0.2, 0.25) is 5.52 Å². The topological polar surface area (TPSA) is 116 Å². The van der Waals surface area contributed by atoms with Gasteiger partial charge in [-0.05, 0) is 76.2 Å². The van der Waals surface area contributed by atoms with Crippen LogP contribution in [-0.4, -0.2) is 25.9 Å². The van der Waals surface area contributed by atoms with Crippen LogP contribution in [0, 0.1) is 0 Å². The lowest BCUT2D eigenvalue weighted by atomic mass is 10.0. The molecule has 0 saturated carbocycles. The lowest BCUT2D eigenvalue weighted by Gasteiger charge is -2.22. The van der Waals surface area contributed by atoms with Gasteiger partial charge in [-0.15, -0.1) is 0 Å². The second kappa shape index (κ2) is 15.9. The fourth-order valence-electron chi connectivity index (χ4n) is 7.04. The van der Waals surface area contributed by atoms with Crippen molar-refractivity contribution >= 4 is 65.3 Å². The number of aromatic nitrogens is 1. The van der Waals surface area contributed by atoms with Crippen molar-refractivity contribution in [3.05, 3.63) is 178 Å². The Hall–Kier alpha value is -5.34. The Morgan fingerprint density at radius 1 is 0.667 bits per heavy atom. The van der Waals surface area contributed by atoms with Gasteiger partial charge in [0.25, 0.3) is 25.2 Å². The number of anilines is 1. The smallest absolute Gasteiger partial charge is 0.295 e. The average Bonchev–Trinajstić information content (AvgIpc) is 3.73. The number of benzene rings is 6. The molecule has 8 rings (SSSR count). The molecular formula is C45H37N2O6S4+. The van der Waals surface area contributed by atoms with E-state index in [0.717, 1.165) is 58.7 Å². The van der Waals surface area contributed by atoms with E-state index in [9.17, 15) is 25.9 Å². The average molecular weight is 830 g/mol. The first-order chi connectivity index (χ1) is 27.5. The van der Waals surface area contributed by atoms with Crippen LogP contribution in [0.1, 0.15) is 29.5 Å². The Balaban J connectivity index is 1.27. The van der Waals surface area contributed by atoms with Crippen molar-refractivity contribution in [1.29, 1.82) is 0 Å². The van der Waals surface area contributed by atoms with Crippen molar-refractivity contribution in [3.63, 3.8) is 0 Å². The van der Waals surface area contributed by atoms with Gasteiger partial charge in [0.1, 0.15) is 9.60 Å². The number of thiazole rings is 1. The SMILES string of the molecule is CCC(/C=C1\Sc2ccc(-c3ccccc3)cc2N1Cc1ccccc1S(=O)(=O)O)=C\c1sc2ccc(-c3ccccc3)cc2[n+]1Cc1ccccc1S(=O)(=O)O. The number of thioether (sulfide) groups is 1. The lowest BCUT2D eigenvalue weighted by molar-refractivity contribution is -0.660. The minimum absolute atomic E-state index is 0.139. The maximum atomic E-state index is 12.5. The van der Waals surface area contributed by atoms with Gasteiger partial charge >= 0.3 is 0 Å². The second-order valence-corrected chi connectivity index (χ2v) is 18.4. The molecule has 1 aliphatic rings. The lowest BCUT2D eigenvalue weighted by Crippen LogP contribution is -2.36. The summed E-state index contributed by atoms with van der Waals surface area (Å²) in [5, 5.41) is 1.76. The van der Waals surface area contributed by atoms with E-state index in [2.05, 4.69) is 64.9 Å². The van der Waals surface area contributed by atoms with E-state index < -0.39 is 20.2 Å². The Bertz CT molecular complexity index is 2930. The molecule has 57 heavy (non-hydrogen) atoms. The van der Waals surface area contributed by atoms with Gasteiger partial charge in [0, 0.05) is 22.6 Å². The molecule has 6 aromatic carbocycles. The molecule has 0 radical (unpaired) electrons. The maximum Gasteiger partial charge on any atom is 0.295 e. The highest BCUT2D eigenvalue weighted by atomic mass is 32.2. The van der Waals surface area contributed by atoms with Crippen LogP contribution in [0.5, 0.6) is 0 Å². The third-order valence-electron chi connectivity index (χ3n) is 9.86. The summed E-state index contributed by atoms with van der Waals surface area (Å²) in [5.74, 6) is 0. The van der Waals surface area contributed by atoms with Crippen LogP contribution in [0.4, 0.5) is 5.69 Å². The van der Waals surface area contributed by atoms with Crippen LogP contribution in [0.3, 0.4) is 0 Å². The molecule has 1 aromatic heterocycles. The molecule has 0 spiro atoms. The van der Waals surface area contributed by atoms with Gasteiger partial charge in [-0.1, -0.05) is 139 Å². The van der Waals surface area contributed by atoms with Crippen LogP contribution in [-0.2, 0) is 33.3 Å². The number of hydrogen-bond donors (Lipinski definition) is 2. The molecule has 2 heterocycles. The molecule has 0 bridgehead atoms. The van der Waals surface area contributed by atoms with Gasteiger partial charge in [0.05, 0.1) is 22.2 Å². The highest BCUT2D eigenvalue weighted by molar-refractivity contribution is 8.03. The molecule has 1 aliphatic heterocycles. The van der Waals surface area contributed by atoms with E-state index in [1.54, 1.807) is 59.5 Å². The number of hydrogen-bond acceptors (Lipinski definition) is 7. The number of nitrogens with zero attached hydrogens (tertiary/aromatic N) is 2. The van der Waals surface area contributed by atoms with Crippen molar-refractivity contribution in [2.45, 2.75) is 41.1 Å². The predicted molar refractivity (Wildman–Crippen MR) is 229 cm³/mol. The van der Waals surface area contributed by atoms with Crippen molar-refractivity contribution in [3.8, 4) is 22.3 Å². The van der Waals surface area contributed by atoms with Crippen molar-refractivity contribution in [2.75, 3.05) is 4.90 Å². The molecule has 0 atom stereocenters. The summed E-state index contributed by atoms with van der Waals surface area (Å²) >= 11 is 3.18. The normalized spacial score (nSPS) is 14.1. The van der Waals surface area contributed by atoms with Crippen LogP contribution in [0.25, 0.3) is 38.5 Å². The molecule has 0 fully saturated rings. The molecule has 0 aliphatic carbocycles. The van der Waals surface area contributed by atoms with Gasteiger partial charge < -0.3 is 4.90 Å². The first kappa shape index (κ1) is 38.5. The number of allylic oxidation sites excluding steroid dienone is 2. The van der Waals surface area contributed by atoms with E-state index in [0.29, 0.717) is 17.5 Å². The molecule has 0 amide bonds. The van der Waals surface area contributed by atoms with Crippen molar-refractivity contribution in [2.24, 2.45) is 0 Å². The third kappa shape index (κ3) is 8.24. The minimum Gasteiger partial charge on any atom is -0.330 e. The van der Waals surface area contributed by atoms with Crippen LogP contribution >= 0.6 is 23.1 Å². The van der Waals surface area contributed by atoms with E-state index >= 15 is 0 Å². The number of fused-ring (bicyclic) bond motifs is 2. The zero-order chi connectivity index (χ0) is 39.7. The number of rotatable bonds is 11. The van der Waals surface area contributed by atoms with Gasteiger partial charge in [-0.3, -0.25) is 9.11 Å². The highest BCUT2D eigenvalue weighted by Gasteiger charge is 2.29. The summed E-state index contributed by atoms with van der Waals surface area (Å²) in [7, 11) is -8.97. The largest absolute Gasteiger partial charge is 0.330 e. The van der Waals surface area contributed by atoms with Crippen LogP contribution < -0.4 is 9.47 Å². The molecule has 0 unspecified atom stereocenters. The summed E-state index contributed by atoms with van der Waals surface area (Å²) < 4.78 is 73.4. The standard InChI is InChI=1S/C45H36N2O6S4/c1-2-31(25-44-46(29-36-17-9-11-19-42(36)56(48,49)50)38-27-34(21-23-40(38)54-44)32-13-5-3-6-14-32)26-45-47(30-37-18-10-12-20-43(37)57(51,52)53)39-28-35(22-24-41(39)55-45)33-15-7-4-8-16-33/h3-28H,2,29-30H2,1H3,(H-,48,49,50,51,52,53)/p+1. The minimum atomic E-state index is -4.49. The summed E-state index contributed by atoms with van der Waals surface area (Å²) in [6, 6.07) is 45.6. The van der Waals surface area contributed by atoms with Crippen molar-refractivity contribution in [1.82, 2.24) is 0 Å². The van der Waals surface area contributed by atoms with Crippen LogP contribution in [0.2, 0.25) is 0 Å². The monoisotopic (exact) mass is 829 g/mol. The summed E-state index contributed by atoms with van der Waals surface area (Å²) in [6.07, 6.45) is 4.87. The molecule has 8 nitrogen and oxygen atoms in total. The summed E-state index contributed by atoms with van der Waals surface area (Å²) in [4.78, 5) is 2.82. The van der Waals surface area contributed by atoms with Crippen LogP contribution in [0.15, 0.2) is 177 Å². The Morgan fingerprint density at radius 2 is 1.23 bits per heavy atom. The van der Waals surface area contributed by atoms with Gasteiger partial charge in [-0.2, -0.15) is 21.4 Å². The molecule has 0 saturated heterocycles. The van der Waals surface area contributed by atoms with Gasteiger partial charge in [0.15, 0.2) is 6.54 Å². The fourth-order valence-corrected chi connectivity index (χ4v) is 10.7. The zero-order valence-electron chi connectivity index (χ0n) is 30.7. The molecule has 2 N–H and O–H groups in total. The van der Waals surface area contributed by atoms with E-state index in [4.69, 9.17) is 0 Å². The first-order valence-corrected chi connectivity index (χ1v) is 22.7. The quantitative estimate of drug-likeness (QED) is 0.0978. The van der Waals surface area contributed by atoms with E-state index in [1.807, 2.05) is 60.7 Å². The zero-order valence-corrected chi connectivity index (χ0v) is 34.0. The highest BCUT2D eigenvalue weighted by Crippen LogP contribution is 2.49. The Labute approximate surface area is 340 Å². The van der Waals surface area contributed by atoms with Gasteiger partial charge in [-0.25, -0.2) is 0 Å². The van der Waals surface area contributed by atoms with Crippen molar-refractivity contribution < 1.29 is 30.5 Å². The third-order valence-corrected chi connectivity index (χ3v) is 14.0. The fraction of sp³-hybridized carbons (Fsp3) is 0.0889. The Morgan fingerprint density at radius 3 is 1.86 bits per heavy atom. The summed E-state index contributed by atoms with van der Waals surface area (Å²) in [6.45, 7) is 2.45. The molecule has 7 aromatic rings.